The molecule has 17 heavy (non-hydrogen) atoms. The number of hydrogen-bond donors (Lipinski definition) is 1. The second kappa shape index (κ2) is 4.36. The molecule has 1 aromatic carbocycles. The summed E-state index contributed by atoms with van der Waals surface area (Å²) in [6.45, 7) is 0. The smallest absolute Gasteiger partial charge is 0.243 e. The first-order valence-electron chi connectivity index (χ1n) is 5.31. The Morgan fingerprint density at radius 3 is 2.65 bits per heavy atom. The molecule has 92 valence electrons. The molecule has 0 aliphatic heterocycles. The van der Waals surface area contributed by atoms with Gasteiger partial charge in [-0.25, -0.2) is 8.42 Å². The fourth-order valence-corrected chi connectivity index (χ4v) is 3.20. The van der Waals surface area contributed by atoms with E-state index >= 15 is 0 Å². The van der Waals surface area contributed by atoms with E-state index in [1.807, 2.05) is 0 Å². The number of hydrogen-bond acceptors (Lipinski definition) is 3. The summed E-state index contributed by atoms with van der Waals surface area (Å²) in [5.41, 5.74) is 6.07. The Hall–Kier alpha value is -0.980. The first kappa shape index (κ1) is 12.5. The minimum absolute atomic E-state index is 0.147. The quantitative estimate of drug-likeness (QED) is 0.832. The lowest BCUT2D eigenvalue weighted by Crippen LogP contribution is -2.29. The number of nitrogens with zero attached hydrogens (tertiary/aromatic N) is 1. The molecule has 0 saturated heterocycles. The van der Waals surface area contributed by atoms with Crippen molar-refractivity contribution in [1.82, 2.24) is 4.31 Å². The predicted octanol–water partition coefficient (Wildman–Crippen LogP) is 1.10. The Balaban J connectivity index is 2.38. The van der Waals surface area contributed by atoms with E-state index in [0.717, 1.165) is 12.8 Å². The summed E-state index contributed by atoms with van der Waals surface area (Å²) in [7, 11) is -1.80. The zero-order valence-electron chi connectivity index (χ0n) is 9.46. The highest BCUT2D eigenvalue weighted by molar-refractivity contribution is 7.89. The van der Waals surface area contributed by atoms with Gasteiger partial charge in [0.05, 0.1) is 4.90 Å². The van der Waals surface area contributed by atoms with Crippen LogP contribution in [0.3, 0.4) is 0 Å². The predicted molar refractivity (Wildman–Crippen MR) is 70.3 cm³/mol. The van der Waals surface area contributed by atoms with Gasteiger partial charge in [0.2, 0.25) is 10.0 Å². The normalized spacial score (nSPS) is 16.1. The van der Waals surface area contributed by atoms with Crippen molar-refractivity contribution in [1.29, 1.82) is 0 Å². The molecule has 2 rings (SSSR count). The molecule has 2 N–H and O–H groups in total. The van der Waals surface area contributed by atoms with E-state index in [1.54, 1.807) is 25.2 Å². The topological polar surface area (TPSA) is 63.4 Å². The van der Waals surface area contributed by atoms with Crippen molar-refractivity contribution in [3.05, 3.63) is 29.8 Å². The largest absolute Gasteiger partial charge is 0.389 e. The summed E-state index contributed by atoms with van der Waals surface area (Å²) < 4.78 is 25.9. The summed E-state index contributed by atoms with van der Waals surface area (Å²) in [6, 6.07) is 6.60. The third-order valence-electron chi connectivity index (χ3n) is 2.86. The molecule has 0 unspecified atom stereocenters. The highest BCUT2D eigenvalue weighted by Gasteiger charge is 2.35. The zero-order chi connectivity index (χ0) is 12.6. The fraction of sp³-hybridized carbons (Fsp3) is 0.364. The Kier molecular flexibility index (Phi) is 3.20. The van der Waals surface area contributed by atoms with E-state index in [4.69, 9.17) is 18.0 Å². The summed E-state index contributed by atoms with van der Waals surface area (Å²) in [5.74, 6) is 0. The lowest BCUT2D eigenvalue weighted by atomic mass is 10.2. The van der Waals surface area contributed by atoms with Crippen LogP contribution in [0, 0.1) is 0 Å². The van der Waals surface area contributed by atoms with Crippen LogP contribution in [0.4, 0.5) is 0 Å². The van der Waals surface area contributed by atoms with Gasteiger partial charge >= 0.3 is 0 Å². The highest BCUT2D eigenvalue weighted by Crippen LogP contribution is 2.30. The molecule has 0 aromatic heterocycles. The van der Waals surface area contributed by atoms with Crippen LogP contribution in [0.15, 0.2) is 29.2 Å². The molecule has 1 aliphatic carbocycles. The van der Waals surface area contributed by atoms with Crippen molar-refractivity contribution in [2.24, 2.45) is 5.73 Å². The average Bonchev–Trinajstić information content (AvgIpc) is 3.12. The van der Waals surface area contributed by atoms with Crippen LogP contribution < -0.4 is 5.73 Å². The van der Waals surface area contributed by atoms with Gasteiger partial charge in [-0.2, -0.15) is 4.31 Å². The van der Waals surface area contributed by atoms with Gasteiger partial charge in [0, 0.05) is 18.7 Å². The van der Waals surface area contributed by atoms with E-state index in [1.165, 1.54) is 10.4 Å². The maximum absolute atomic E-state index is 12.2. The van der Waals surface area contributed by atoms with Gasteiger partial charge in [-0.15, -0.1) is 0 Å². The van der Waals surface area contributed by atoms with Crippen LogP contribution in [0.25, 0.3) is 0 Å². The number of rotatable bonds is 4. The van der Waals surface area contributed by atoms with Gasteiger partial charge in [0.15, 0.2) is 0 Å². The van der Waals surface area contributed by atoms with Gasteiger partial charge in [0.1, 0.15) is 4.99 Å². The molecule has 0 bridgehead atoms. The van der Waals surface area contributed by atoms with Gasteiger partial charge < -0.3 is 5.73 Å². The average molecular weight is 270 g/mol. The second-order valence-corrected chi connectivity index (χ2v) is 6.58. The van der Waals surface area contributed by atoms with Crippen molar-refractivity contribution >= 4 is 27.2 Å². The molecule has 0 amide bonds. The van der Waals surface area contributed by atoms with Crippen LogP contribution in [0.2, 0.25) is 0 Å². The number of nitrogens with two attached hydrogens (primary N) is 1. The maximum atomic E-state index is 12.2. The van der Waals surface area contributed by atoms with Crippen LogP contribution in [0.1, 0.15) is 18.4 Å². The third-order valence-corrected chi connectivity index (χ3v) is 5.00. The molecule has 0 atom stereocenters. The Morgan fingerprint density at radius 1 is 1.47 bits per heavy atom. The monoisotopic (exact) mass is 270 g/mol. The van der Waals surface area contributed by atoms with Crippen LogP contribution in [-0.2, 0) is 10.0 Å². The zero-order valence-corrected chi connectivity index (χ0v) is 11.1. The van der Waals surface area contributed by atoms with Gasteiger partial charge in [0.25, 0.3) is 0 Å². The number of benzene rings is 1. The van der Waals surface area contributed by atoms with Crippen LogP contribution >= 0.6 is 12.2 Å². The van der Waals surface area contributed by atoms with E-state index in [0.29, 0.717) is 5.56 Å². The molecular weight excluding hydrogens is 256 g/mol. The number of sulfonamides is 1. The Labute approximate surface area is 106 Å². The molecule has 4 nitrogen and oxygen atoms in total. The lowest BCUT2D eigenvalue weighted by Gasteiger charge is -2.16. The lowest BCUT2D eigenvalue weighted by molar-refractivity contribution is 0.464. The van der Waals surface area contributed by atoms with E-state index in [2.05, 4.69) is 0 Å². The van der Waals surface area contributed by atoms with Crippen molar-refractivity contribution in [2.75, 3.05) is 7.05 Å². The summed E-state index contributed by atoms with van der Waals surface area (Å²) in [5, 5.41) is 0. The van der Waals surface area contributed by atoms with Crippen molar-refractivity contribution in [2.45, 2.75) is 23.8 Å². The fourth-order valence-electron chi connectivity index (χ4n) is 1.61. The molecule has 0 radical (unpaired) electrons. The highest BCUT2D eigenvalue weighted by atomic mass is 32.2. The third kappa shape index (κ3) is 2.48. The second-order valence-electron chi connectivity index (χ2n) is 4.14. The maximum Gasteiger partial charge on any atom is 0.243 e. The van der Waals surface area contributed by atoms with Gasteiger partial charge in [-0.05, 0) is 25.0 Å². The summed E-state index contributed by atoms with van der Waals surface area (Å²) in [6.07, 6.45) is 1.87. The van der Waals surface area contributed by atoms with Crippen LogP contribution in [-0.4, -0.2) is 30.8 Å². The molecule has 1 aliphatic rings. The van der Waals surface area contributed by atoms with Crippen LogP contribution in [0.5, 0.6) is 0 Å². The standard InChI is InChI=1S/C11H14N2O2S2/c1-13(9-5-6-9)17(14,15)10-4-2-3-8(7-10)11(12)16/h2-4,7,9H,5-6H2,1H3,(H2,12,16). The molecule has 1 aromatic rings. The summed E-state index contributed by atoms with van der Waals surface area (Å²) >= 11 is 4.84. The molecular formula is C11H14N2O2S2. The van der Waals surface area contributed by atoms with Gasteiger partial charge in [-0.1, -0.05) is 24.4 Å². The first-order valence-corrected chi connectivity index (χ1v) is 7.15. The molecule has 1 fully saturated rings. The number of thiocarbonyl (C=S) groups is 1. The summed E-state index contributed by atoms with van der Waals surface area (Å²) in [4.78, 5) is 0.452. The van der Waals surface area contributed by atoms with Gasteiger partial charge in [-0.3, -0.25) is 0 Å². The molecule has 1 saturated carbocycles. The van der Waals surface area contributed by atoms with E-state index < -0.39 is 10.0 Å². The SMILES string of the molecule is CN(C1CC1)S(=O)(=O)c1cccc(C(N)=S)c1. The molecule has 6 heteroatoms. The van der Waals surface area contributed by atoms with E-state index in [-0.39, 0.29) is 15.9 Å². The van der Waals surface area contributed by atoms with Crippen molar-refractivity contribution in [3.8, 4) is 0 Å². The first-order chi connectivity index (χ1) is 7.93. The minimum Gasteiger partial charge on any atom is -0.389 e. The van der Waals surface area contributed by atoms with E-state index in [9.17, 15) is 8.42 Å². The Morgan fingerprint density at radius 2 is 2.12 bits per heavy atom. The van der Waals surface area contributed by atoms with Crippen molar-refractivity contribution in [3.63, 3.8) is 0 Å². The van der Waals surface area contributed by atoms with Crippen molar-refractivity contribution < 1.29 is 8.42 Å². The Bertz CT molecular complexity index is 550. The molecule has 0 spiro atoms. The minimum atomic E-state index is -3.41. The molecule has 0 heterocycles.